The Morgan fingerprint density at radius 3 is 2.93 bits per heavy atom. The minimum Gasteiger partial charge on any atom is -0.361 e. The van der Waals surface area contributed by atoms with Crippen LogP contribution < -0.4 is 5.32 Å². The Bertz CT molecular complexity index is 281. The zero-order chi connectivity index (χ0) is 9.97. The highest BCUT2D eigenvalue weighted by molar-refractivity contribution is 5.21. The van der Waals surface area contributed by atoms with Gasteiger partial charge >= 0.3 is 0 Å². The van der Waals surface area contributed by atoms with Gasteiger partial charge in [-0.2, -0.15) is 0 Å². The fourth-order valence-electron chi connectivity index (χ4n) is 2.18. The first-order chi connectivity index (χ1) is 6.77. The Balaban J connectivity index is 2.02. The second-order valence-corrected chi connectivity index (χ2v) is 4.22. The van der Waals surface area contributed by atoms with Crippen LogP contribution in [0.3, 0.4) is 0 Å². The zero-order valence-electron chi connectivity index (χ0n) is 8.97. The molecule has 1 aromatic rings. The lowest BCUT2D eigenvalue weighted by molar-refractivity contribution is 0.369. The first kappa shape index (κ1) is 9.71. The predicted molar refractivity (Wildman–Crippen MR) is 55.3 cm³/mol. The lowest BCUT2D eigenvalue weighted by Gasteiger charge is -2.22. The fourth-order valence-corrected chi connectivity index (χ4v) is 2.18. The van der Waals surface area contributed by atoms with Gasteiger partial charge in [0.25, 0.3) is 0 Å². The average Bonchev–Trinajstić information content (AvgIpc) is 2.51. The first-order valence-electron chi connectivity index (χ1n) is 5.40. The van der Waals surface area contributed by atoms with Crippen LogP contribution in [-0.4, -0.2) is 18.2 Å². The summed E-state index contributed by atoms with van der Waals surface area (Å²) >= 11 is 0. The highest BCUT2D eigenvalue weighted by Crippen LogP contribution is 2.21. The van der Waals surface area contributed by atoms with Gasteiger partial charge in [-0.1, -0.05) is 5.16 Å². The topological polar surface area (TPSA) is 38.1 Å². The summed E-state index contributed by atoms with van der Waals surface area (Å²) in [6.07, 6.45) is 3.75. The highest BCUT2D eigenvalue weighted by atomic mass is 16.5. The van der Waals surface area contributed by atoms with Gasteiger partial charge in [-0.3, -0.25) is 0 Å². The van der Waals surface area contributed by atoms with E-state index in [0.29, 0.717) is 0 Å². The van der Waals surface area contributed by atoms with E-state index in [-0.39, 0.29) is 0 Å². The first-order valence-corrected chi connectivity index (χ1v) is 5.40. The van der Waals surface area contributed by atoms with Gasteiger partial charge in [0, 0.05) is 5.56 Å². The van der Waals surface area contributed by atoms with E-state index in [4.69, 9.17) is 4.52 Å². The summed E-state index contributed by atoms with van der Waals surface area (Å²) < 4.78 is 5.17. The van der Waals surface area contributed by atoms with E-state index >= 15 is 0 Å². The molecule has 1 aromatic heterocycles. The van der Waals surface area contributed by atoms with Crippen molar-refractivity contribution in [3.63, 3.8) is 0 Å². The van der Waals surface area contributed by atoms with Crippen LogP contribution in [0.2, 0.25) is 0 Å². The third-order valence-corrected chi connectivity index (χ3v) is 3.07. The van der Waals surface area contributed by atoms with Gasteiger partial charge in [-0.15, -0.1) is 0 Å². The molecule has 0 amide bonds. The number of aromatic nitrogens is 1. The van der Waals surface area contributed by atoms with Crippen molar-refractivity contribution in [1.29, 1.82) is 0 Å². The van der Waals surface area contributed by atoms with Crippen molar-refractivity contribution < 1.29 is 4.52 Å². The molecule has 2 rings (SSSR count). The smallest absolute Gasteiger partial charge is 0.137 e. The molecule has 78 valence electrons. The molecule has 0 aromatic carbocycles. The Morgan fingerprint density at radius 1 is 1.50 bits per heavy atom. The van der Waals surface area contributed by atoms with E-state index in [1.807, 2.05) is 13.8 Å². The van der Waals surface area contributed by atoms with Crippen LogP contribution >= 0.6 is 0 Å². The molecule has 1 fully saturated rings. The summed E-state index contributed by atoms with van der Waals surface area (Å²) in [5, 5.41) is 7.42. The Labute approximate surface area is 84.9 Å². The van der Waals surface area contributed by atoms with Gasteiger partial charge in [0.2, 0.25) is 0 Å². The number of aryl methyl sites for hydroxylation is 2. The summed E-state index contributed by atoms with van der Waals surface area (Å²) in [6.45, 7) is 6.36. The van der Waals surface area contributed by atoms with Gasteiger partial charge in [-0.25, -0.2) is 0 Å². The van der Waals surface area contributed by atoms with Crippen molar-refractivity contribution in [1.82, 2.24) is 10.5 Å². The number of piperidine rings is 1. The second kappa shape index (κ2) is 4.13. The molecule has 3 nitrogen and oxygen atoms in total. The molecule has 3 heteroatoms. The third kappa shape index (κ3) is 1.98. The highest BCUT2D eigenvalue weighted by Gasteiger charge is 2.17. The van der Waals surface area contributed by atoms with Crippen LogP contribution in [0.15, 0.2) is 4.52 Å². The van der Waals surface area contributed by atoms with Gasteiger partial charge in [-0.05, 0) is 52.1 Å². The predicted octanol–water partition coefficient (Wildman–Crippen LogP) is 1.83. The quantitative estimate of drug-likeness (QED) is 0.780. The maximum atomic E-state index is 5.17. The monoisotopic (exact) mass is 194 g/mol. The minimum absolute atomic E-state index is 0.764. The molecule has 0 saturated carbocycles. The Morgan fingerprint density at radius 2 is 2.36 bits per heavy atom. The third-order valence-electron chi connectivity index (χ3n) is 3.07. The van der Waals surface area contributed by atoms with E-state index in [1.54, 1.807) is 0 Å². The normalized spacial score (nSPS) is 22.6. The summed E-state index contributed by atoms with van der Waals surface area (Å²) in [4.78, 5) is 0. The standard InChI is InChI=1S/C11H18N2O/c1-8-11(9(2)14-13-8)6-10-4-3-5-12-7-10/h10,12H,3-7H2,1-2H3. The van der Waals surface area contributed by atoms with Crippen molar-refractivity contribution in [2.75, 3.05) is 13.1 Å². The molecule has 1 unspecified atom stereocenters. The average molecular weight is 194 g/mol. The number of nitrogens with one attached hydrogen (secondary N) is 1. The van der Waals surface area contributed by atoms with Crippen LogP contribution in [0, 0.1) is 19.8 Å². The van der Waals surface area contributed by atoms with Gasteiger partial charge in [0.05, 0.1) is 5.69 Å². The molecule has 1 saturated heterocycles. The van der Waals surface area contributed by atoms with Crippen molar-refractivity contribution in [3.8, 4) is 0 Å². The summed E-state index contributed by atoms with van der Waals surface area (Å²) in [5.41, 5.74) is 2.38. The summed E-state index contributed by atoms with van der Waals surface area (Å²) in [6, 6.07) is 0. The molecule has 0 radical (unpaired) electrons. The van der Waals surface area contributed by atoms with Crippen LogP contribution in [0.5, 0.6) is 0 Å². The van der Waals surface area contributed by atoms with Crippen LogP contribution in [0.1, 0.15) is 29.9 Å². The van der Waals surface area contributed by atoms with Crippen LogP contribution in [0.4, 0.5) is 0 Å². The minimum atomic E-state index is 0.764. The van der Waals surface area contributed by atoms with Crippen molar-refractivity contribution in [2.24, 2.45) is 5.92 Å². The van der Waals surface area contributed by atoms with Crippen molar-refractivity contribution >= 4 is 0 Å². The second-order valence-electron chi connectivity index (χ2n) is 4.22. The summed E-state index contributed by atoms with van der Waals surface area (Å²) in [5.74, 6) is 1.76. The zero-order valence-corrected chi connectivity index (χ0v) is 8.97. The van der Waals surface area contributed by atoms with E-state index < -0.39 is 0 Å². The van der Waals surface area contributed by atoms with Crippen LogP contribution in [-0.2, 0) is 6.42 Å². The Kier molecular flexibility index (Phi) is 2.87. The molecular weight excluding hydrogens is 176 g/mol. The SMILES string of the molecule is Cc1noc(C)c1CC1CCCNC1. The number of hydrogen-bond donors (Lipinski definition) is 1. The molecule has 14 heavy (non-hydrogen) atoms. The molecule has 1 aliphatic rings. The van der Waals surface area contributed by atoms with Gasteiger partial charge < -0.3 is 9.84 Å². The summed E-state index contributed by atoms with van der Waals surface area (Å²) in [7, 11) is 0. The largest absolute Gasteiger partial charge is 0.361 e. The molecule has 0 aliphatic carbocycles. The van der Waals surface area contributed by atoms with E-state index in [1.165, 1.54) is 24.9 Å². The number of nitrogens with zero attached hydrogens (tertiary/aromatic N) is 1. The molecule has 2 heterocycles. The van der Waals surface area contributed by atoms with Gasteiger partial charge in [0.1, 0.15) is 5.76 Å². The van der Waals surface area contributed by atoms with Crippen molar-refractivity contribution in [3.05, 3.63) is 17.0 Å². The fraction of sp³-hybridized carbons (Fsp3) is 0.727. The number of hydrogen-bond acceptors (Lipinski definition) is 3. The lowest BCUT2D eigenvalue weighted by atomic mass is 9.92. The molecule has 0 spiro atoms. The lowest BCUT2D eigenvalue weighted by Crippen LogP contribution is -2.31. The van der Waals surface area contributed by atoms with E-state index in [0.717, 1.165) is 30.3 Å². The van der Waals surface area contributed by atoms with Crippen molar-refractivity contribution in [2.45, 2.75) is 33.1 Å². The Hall–Kier alpha value is -0.830. The van der Waals surface area contributed by atoms with Crippen LogP contribution in [0.25, 0.3) is 0 Å². The maximum Gasteiger partial charge on any atom is 0.137 e. The van der Waals surface area contributed by atoms with E-state index in [2.05, 4.69) is 10.5 Å². The van der Waals surface area contributed by atoms with E-state index in [9.17, 15) is 0 Å². The molecule has 1 aliphatic heterocycles. The number of rotatable bonds is 2. The maximum absolute atomic E-state index is 5.17. The van der Waals surface area contributed by atoms with Gasteiger partial charge in [0.15, 0.2) is 0 Å². The molecule has 1 N–H and O–H groups in total. The molecule has 0 bridgehead atoms. The molecular formula is C11H18N2O. The molecule has 1 atom stereocenters.